The van der Waals surface area contributed by atoms with Crippen molar-refractivity contribution in [2.24, 2.45) is 0 Å². The third kappa shape index (κ3) is 2.94. The second-order valence-electron chi connectivity index (χ2n) is 3.41. The van der Waals surface area contributed by atoms with Crippen LogP contribution in [0.3, 0.4) is 0 Å². The molecule has 1 aliphatic carbocycles. The number of thiazole rings is 1. The Labute approximate surface area is 82.7 Å². The van der Waals surface area contributed by atoms with Crippen molar-refractivity contribution in [2.45, 2.75) is 25.8 Å². The van der Waals surface area contributed by atoms with Crippen molar-refractivity contribution < 1.29 is 0 Å². The van der Waals surface area contributed by atoms with E-state index in [1.54, 1.807) is 11.3 Å². The summed E-state index contributed by atoms with van der Waals surface area (Å²) in [6.07, 6.45) is 6.94. The van der Waals surface area contributed by atoms with Gasteiger partial charge in [0.05, 0.1) is 0 Å². The maximum absolute atomic E-state index is 4.35. The number of rotatable bonds is 4. The molecule has 1 aromatic rings. The Kier molecular flexibility index (Phi) is 2.76. The highest BCUT2D eigenvalue weighted by Gasteiger charge is 2.18. The first-order chi connectivity index (χ1) is 6.34. The van der Waals surface area contributed by atoms with Crippen molar-refractivity contribution in [1.82, 2.24) is 10.3 Å². The summed E-state index contributed by atoms with van der Waals surface area (Å²) >= 11 is 1.70. The van der Waals surface area contributed by atoms with Crippen LogP contribution >= 0.6 is 11.3 Å². The van der Waals surface area contributed by atoms with Gasteiger partial charge in [0.25, 0.3) is 0 Å². The quantitative estimate of drug-likeness (QED) is 0.795. The van der Waals surface area contributed by atoms with E-state index in [1.165, 1.54) is 12.8 Å². The number of aryl methyl sites for hydroxylation is 1. The molecule has 1 saturated carbocycles. The van der Waals surface area contributed by atoms with Gasteiger partial charge in [-0.05, 0) is 25.8 Å². The topological polar surface area (TPSA) is 24.9 Å². The molecule has 0 aromatic carbocycles. The summed E-state index contributed by atoms with van der Waals surface area (Å²) in [7, 11) is 0. The molecule has 1 fully saturated rings. The van der Waals surface area contributed by atoms with Gasteiger partial charge in [0.1, 0.15) is 5.01 Å². The van der Waals surface area contributed by atoms with Crippen molar-refractivity contribution in [1.29, 1.82) is 0 Å². The molecular weight excluding hydrogens is 180 g/mol. The third-order valence-electron chi connectivity index (χ3n) is 2.00. The van der Waals surface area contributed by atoms with Crippen molar-refractivity contribution >= 4 is 17.4 Å². The first kappa shape index (κ1) is 8.91. The highest BCUT2D eigenvalue weighted by Crippen LogP contribution is 2.18. The minimum Gasteiger partial charge on any atom is -0.311 e. The van der Waals surface area contributed by atoms with E-state index in [-0.39, 0.29) is 0 Å². The van der Waals surface area contributed by atoms with Crippen LogP contribution in [0.4, 0.5) is 0 Å². The first-order valence-electron chi connectivity index (χ1n) is 4.66. The molecule has 1 aliphatic rings. The molecule has 0 saturated heterocycles. The van der Waals surface area contributed by atoms with E-state index in [1.807, 2.05) is 6.92 Å². The number of aromatic nitrogens is 1. The molecule has 1 aromatic heterocycles. The lowest BCUT2D eigenvalue weighted by Gasteiger charge is -1.93. The van der Waals surface area contributed by atoms with Gasteiger partial charge in [0, 0.05) is 23.7 Å². The summed E-state index contributed by atoms with van der Waals surface area (Å²) in [6.45, 7) is 3.00. The van der Waals surface area contributed by atoms with E-state index in [0.29, 0.717) is 0 Å². The lowest BCUT2D eigenvalue weighted by molar-refractivity contribution is 0.754. The summed E-state index contributed by atoms with van der Waals surface area (Å²) in [4.78, 5) is 4.35. The van der Waals surface area contributed by atoms with Crippen LogP contribution in [-0.2, 0) is 0 Å². The predicted molar refractivity (Wildman–Crippen MR) is 56.9 cm³/mol. The summed E-state index contributed by atoms with van der Waals surface area (Å²) in [5.74, 6) is 0. The molecule has 0 spiro atoms. The highest BCUT2D eigenvalue weighted by molar-refractivity contribution is 7.10. The monoisotopic (exact) mass is 194 g/mol. The fourth-order valence-electron chi connectivity index (χ4n) is 1.13. The maximum atomic E-state index is 4.35. The van der Waals surface area contributed by atoms with Crippen molar-refractivity contribution in [3.05, 3.63) is 22.2 Å². The Bertz CT molecular complexity index is 300. The van der Waals surface area contributed by atoms with Crippen LogP contribution in [0.5, 0.6) is 0 Å². The summed E-state index contributed by atoms with van der Waals surface area (Å²) in [5, 5.41) is 6.61. The molecule has 2 nitrogen and oxygen atoms in total. The van der Waals surface area contributed by atoms with Gasteiger partial charge in [-0.25, -0.2) is 4.98 Å². The lowest BCUT2D eigenvalue weighted by Crippen LogP contribution is -2.15. The number of hydrogen-bond donors (Lipinski definition) is 1. The van der Waals surface area contributed by atoms with Crippen LogP contribution in [0.15, 0.2) is 11.5 Å². The molecule has 1 N–H and O–H groups in total. The van der Waals surface area contributed by atoms with Gasteiger partial charge in [-0.2, -0.15) is 0 Å². The first-order valence-corrected chi connectivity index (χ1v) is 5.54. The normalized spacial score (nSPS) is 17.0. The Morgan fingerprint density at radius 1 is 1.69 bits per heavy atom. The van der Waals surface area contributed by atoms with Crippen LogP contribution < -0.4 is 5.32 Å². The SMILES string of the molecule is Cc1csc(/C=C/CNC2CC2)n1. The number of nitrogens with zero attached hydrogens (tertiary/aromatic N) is 1. The molecule has 0 unspecified atom stereocenters. The second-order valence-corrected chi connectivity index (χ2v) is 4.30. The van der Waals surface area contributed by atoms with Crippen LogP contribution in [0, 0.1) is 6.92 Å². The molecule has 13 heavy (non-hydrogen) atoms. The molecule has 1 heterocycles. The molecule has 0 amide bonds. The standard InChI is InChI=1S/C10H14N2S/c1-8-7-13-10(12-8)3-2-6-11-9-4-5-9/h2-3,7,9,11H,4-6H2,1H3/b3-2+. The van der Waals surface area contributed by atoms with Crippen LogP contribution in [0.1, 0.15) is 23.5 Å². The van der Waals surface area contributed by atoms with Crippen LogP contribution in [0.2, 0.25) is 0 Å². The predicted octanol–water partition coefficient (Wildman–Crippen LogP) is 2.22. The van der Waals surface area contributed by atoms with E-state index < -0.39 is 0 Å². The summed E-state index contributed by atoms with van der Waals surface area (Å²) < 4.78 is 0. The van der Waals surface area contributed by atoms with Crippen molar-refractivity contribution in [3.63, 3.8) is 0 Å². The van der Waals surface area contributed by atoms with Gasteiger partial charge in [-0.3, -0.25) is 0 Å². The van der Waals surface area contributed by atoms with Crippen LogP contribution in [0.25, 0.3) is 6.08 Å². The van der Waals surface area contributed by atoms with E-state index in [4.69, 9.17) is 0 Å². The van der Waals surface area contributed by atoms with Gasteiger partial charge in [0.2, 0.25) is 0 Å². The smallest absolute Gasteiger partial charge is 0.116 e. The molecule has 0 bridgehead atoms. The molecular formula is C10H14N2S. The Morgan fingerprint density at radius 3 is 3.15 bits per heavy atom. The van der Waals surface area contributed by atoms with Crippen molar-refractivity contribution in [2.75, 3.05) is 6.54 Å². The van der Waals surface area contributed by atoms with Crippen molar-refractivity contribution in [3.8, 4) is 0 Å². The van der Waals surface area contributed by atoms with Crippen LogP contribution in [-0.4, -0.2) is 17.6 Å². The Balaban J connectivity index is 1.75. The van der Waals surface area contributed by atoms with E-state index in [2.05, 4.69) is 27.8 Å². The fraction of sp³-hybridized carbons (Fsp3) is 0.500. The molecule has 3 heteroatoms. The maximum Gasteiger partial charge on any atom is 0.116 e. The average Bonchev–Trinajstić information content (AvgIpc) is 2.84. The summed E-state index contributed by atoms with van der Waals surface area (Å²) in [5.41, 5.74) is 1.11. The van der Waals surface area contributed by atoms with E-state index >= 15 is 0 Å². The lowest BCUT2D eigenvalue weighted by atomic mass is 10.5. The van der Waals surface area contributed by atoms with Gasteiger partial charge < -0.3 is 5.32 Å². The molecule has 2 rings (SSSR count). The Morgan fingerprint density at radius 2 is 2.54 bits per heavy atom. The van der Waals surface area contributed by atoms with Gasteiger partial charge in [-0.1, -0.05) is 6.08 Å². The van der Waals surface area contributed by atoms with E-state index in [0.717, 1.165) is 23.3 Å². The number of hydrogen-bond acceptors (Lipinski definition) is 3. The minimum absolute atomic E-state index is 0.794. The zero-order chi connectivity index (χ0) is 9.10. The Hall–Kier alpha value is -0.670. The third-order valence-corrected chi connectivity index (χ3v) is 2.93. The zero-order valence-electron chi connectivity index (χ0n) is 7.79. The largest absolute Gasteiger partial charge is 0.311 e. The second kappa shape index (κ2) is 4.03. The van der Waals surface area contributed by atoms with E-state index in [9.17, 15) is 0 Å². The zero-order valence-corrected chi connectivity index (χ0v) is 8.60. The van der Waals surface area contributed by atoms with Gasteiger partial charge >= 0.3 is 0 Å². The molecule has 0 radical (unpaired) electrons. The number of nitrogens with one attached hydrogen (secondary N) is 1. The minimum atomic E-state index is 0.794. The highest BCUT2D eigenvalue weighted by atomic mass is 32.1. The molecule has 70 valence electrons. The average molecular weight is 194 g/mol. The molecule has 0 atom stereocenters. The summed E-state index contributed by atoms with van der Waals surface area (Å²) in [6, 6.07) is 0.794. The van der Waals surface area contributed by atoms with Gasteiger partial charge in [0.15, 0.2) is 0 Å². The fourth-order valence-corrected chi connectivity index (χ4v) is 1.85. The van der Waals surface area contributed by atoms with Gasteiger partial charge in [-0.15, -0.1) is 11.3 Å². The molecule has 0 aliphatic heterocycles.